The SMILES string of the molecule is NC(CC1CC1(SCCO)C1CC1)C(=O)O. The Morgan fingerprint density at radius 3 is 2.75 bits per heavy atom. The highest BCUT2D eigenvalue weighted by molar-refractivity contribution is 8.01. The van der Waals surface area contributed by atoms with Crippen molar-refractivity contribution in [2.24, 2.45) is 17.6 Å². The van der Waals surface area contributed by atoms with Crippen LogP contribution in [0.4, 0.5) is 0 Å². The van der Waals surface area contributed by atoms with Crippen molar-refractivity contribution in [3.05, 3.63) is 0 Å². The third-order valence-electron chi connectivity index (χ3n) is 3.68. The standard InChI is InChI=1S/C11H19NO3S/c12-9(10(14)15)5-8-6-11(8,7-1-2-7)16-4-3-13/h7-9,13H,1-6,12H2,(H,14,15). The Morgan fingerprint density at radius 2 is 2.25 bits per heavy atom. The molecule has 0 bridgehead atoms. The monoisotopic (exact) mass is 245 g/mol. The van der Waals surface area contributed by atoms with Gasteiger partial charge in [0.25, 0.3) is 0 Å². The molecule has 2 saturated carbocycles. The van der Waals surface area contributed by atoms with Crippen molar-refractivity contribution in [3.8, 4) is 0 Å². The molecule has 2 aliphatic carbocycles. The first kappa shape index (κ1) is 12.2. The lowest BCUT2D eigenvalue weighted by atomic mass is 10.1. The second-order valence-corrected chi connectivity index (χ2v) is 6.34. The highest BCUT2D eigenvalue weighted by atomic mass is 32.2. The molecule has 4 nitrogen and oxygen atoms in total. The summed E-state index contributed by atoms with van der Waals surface area (Å²) in [6, 6.07) is -0.722. The molecule has 5 heteroatoms. The zero-order valence-corrected chi connectivity index (χ0v) is 10.1. The molecule has 16 heavy (non-hydrogen) atoms. The summed E-state index contributed by atoms with van der Waals surface area (Å²) in [4.78, 5) is 10.7. The summed E-state index contributed by atoms with van der Waals surface area (Å²) in [5.41, 5.74) is 5.57. The molecule has 0 radical (unpaired) electrons. The van der Waals surface area contributed by atoms with E-state index in [1.807, 2.05) is 11.8 Å². The molecule has 3 atom stereocenters. The first-order chi connectivity index (χ1) is 7.60. The summed E-state index contributed by atoms with van der Waals surface area (Å²) in [7, 11) is 0. The van der Waals surface area contributed by atoms with Gasteiger partial charge in [0.1, 0.15) is 6.04 Å². The average Bonchev–Trinajstić information content (AvgIpc) is 3.09. The number of carboxylic acids is 1. The van der Waals surface area contributed by atoms with Crippen LogP contribution in [0.1, 0.15) is 25.7 Å². The highest BCUT2D eigenvalue weighted by Crippen LogP contribution is 2.67. The van der Waals surface area contributed by atoms with Crippen LogP contribution in [0.5, 0.6) is 0 Å². The van der Waals surface area contributed by atoms with Gasteiger partial charge in [-0.2, -0.15) is 11.8 Å². The van der Waals surface area contributed by atoms with Gasteiger partial charge in [-0.25, -0.2) is 0 Å². The molecular weight excluding hydrogens is 226 g/mol. The lowest BCUT2D eigenvalue weighted by Crippen LogP contribution is -2.31. The minimum Gasteiger partial charge on any atom is -0.480 e. The predicted octanol–water partition coefficient (Wildman–Crippen LogP) is 0.683. The lowest BCUT2D eigenvalue weighted by Gasteiger charge is -2.16. The van der Waals surface area contributed by atoms with Crippen LogP contribution in [0.15, 0.2) is 0 Å². The van der Waals surface area contributed by atoms with E-state index >= 15 is 0 Å². The van der Waals surface area contributed by atoms with E-state index in [0.717, 1.165) is 18.1 Å². The number of carboxylic acid groups (broad SMARTS) is 1. The Hall–Kier alpha value is -0.260. The van der Waals surface area contributed by atoms with E-state index in [9.17, 15) is 4.79 Å². The van der Waals surface area contributed by atoms with E-state index in [1.165, 1.54) is 12.8 Å². The number of carbonyl (C=O) groups is 1. The van der Waals surface area contributed by atoms with Crippen molar-refractivity contribution in [1.82, 2.24) is 0 Å². The maximum absolute atomic E-state index is 10.7. The van der Waals surface area contributed by atoms with Crippen LogP contribution in [0, 0.1) is 11.8 Å². The molecule has 0 aromatic heterocycles. The van der Waals surface area contributed by atoms with Gasteiger partial charge >= 0.3 is 5.97 Å². The number of aliphatic hydroxyl groups excluding tert-OH is 1. The van der Waals surface area contributed by atoms with Crippen molar-refractivity contribution in [2.75, 3.05) is 12.4 Å². The molecule has 92 valence electrons. The predicted molar refractivity (Wildman–Crippen MR) is 63.3 cm³/mol. The van der Waals surface area contributed by atoms with Crippen LogP contribution in [-0.2, 0) is 4.79 Å². The molecule has 0 heterocycles. The number of aliphatic carboxylic acids is 1. The number of rotatable bonds is 7. The van der Waals surface area contributed by atoms with Gasteiger partial charge in [0.05, 0.1) is 6.61 Å². The molecular formula is C11H19NO3S. The number of hydrogen-bond donors (Lipinski definition) is 3. The zero-order valence-electron chi connectivity index (χ0n) is 9.26. The number of aliphatic hydroxyl groups is 1. The largest absolute Gasteiger partial charge is 0.480 e. The second kappa shape index (κ2) is 4.55. The Labute approximate surface area is 99.6 Å². The van der Waals surface area contributed by atoms with Gasteiger partial charge in [0.15, 0.2) is 0 Å². The Kier molecular flexibility index (Phi) is 3.47. The first-order valence-corrected chi connectivity index (χ1v) is 6.82. The normalized spacial score (nSPS) is 34.8. The molecule has 2 fully saturated rings. The zero-order chi connectivity index (χ0) is 11.8. The van der Waals surface area contributed by atoms with Gasteiger partial charge < -0.3 is 15.9 Å². The van der Waals surface area contributed by atoms with E-state index in [2.05, 4.69) is 0 Å². The summed E-state index contributed by atoms with van der Waals surface area (Å²) < 4.78 is 0.260. The molecule has 0 amide bonds. The van der Waals surface area contributed by atoms with E-state index in [0.29, 0.717) is 12.3 Å². The molecule has 0 saturated heterocycles. The third kappa shape index (κ3) is 2.36. The summed E-state index contributed by atoms with van der Waals surface area (Å²) >= 11 is 1.82. The first-order valence-electron chi connectivity index (χ1n) is 5.83. The number of hydrogen-bond acceptors (Lipinski definition) is 4. The molecule has 4 N–H and O–H groups in total. The van der Waals surface area contributed by atoms with Gasteiger partial charge in [0.2, 0.25) is 0 Å². The van der Waals surface area contributed by atoms with Crippen molar-refractivity contribution in [3.63, 3.8) is 0 Å². The van der Waals surface area contributed by atoms with Gasteiger partial charge in [0, 0.05) is 10.5 Å². The van der Waals surface area contributed by atoms with Crippen LogP contribution in [0.2, 0.25) is 0 Å². The fourth-order valence-corrected chi connectivity index (χ4v) is 4.21. The van der Waals surface area contributed by atoms with E-state index in [-0.39, 0.29) is 11.4 Å². The number of thioether (sulfide) groups is 1. The molecule has 2 aliphatic rings. The minimum absolute atomic E-state index is 0.205. The van der Waals surface area contributed by atoms with Crippen molar-refractivity contribution in [1.29, 1.82) is 0 Å². The summed E-state index contributed by atoms with van der Waals surface area (Å²) in [5, 5.41) is 17.7. The van der Waals surface area contributed by atoms with Crippen molar-refractivity contribution in [2.45, 2.75) is 36.5 Å². The van der Waals surface area contributed by atoms with Gasteiger partial charge in [-0.3, -0.25) is 4.79 Å². The van der Waals surface area contributed by atoms with Crippen LogP contribution in [0.25, 0.3) is 0 Å². The fourth-order valence-electron chi connectivity index (χ4n) is 2.62. The van der Waals surface area contributed by atoms with Gasteiger partial charge in [-0.1, -0.05) is 0 Å². The van der Waals surface area contributed by atoms with Crippen molar-refractivity contribution < 1.29 is 15.0 Å². The molecule has 0 aromatic rings. The summed E-state index contributed by atoms with van der Waals surface area (Å²) in [5.74, 6) is 1.05. The molecule has 0 spiro atoms. The van der Waals surface area contributed by atoms with Crippen molar-refractivity contribution >= 4 is 17.7 Å². The summed E-state index contributed by atoms with van der Waals surface area (Å²) in [6.45, 7) is 0.205. The second-order valence-electron chi connectivity index (χ2n) is 4.88. The average molecular weight is 245 g/mol. The summed E-state index contributed by atoms with van der Waals surface area (Å²) in [6.07, 6.45) is 4.20. The van der Waals surface area contributed by atoms with E-state index in [1.54, 1.807) is 0 Å². The van der Waals surface area contributed by atoms with Crippen LogP contribution >= 0.6 is 11.8 Å². The Morgan fingerprint density at radius 1 is 1.56 bits per heavy atom. The van der Waals surface area contributed by atoms with E-state index < -0.39 is 12.0 Å². The molecule has 2 rings (SSSR count). The van der Waals surface area contributed by atoms with Crippen LogP contribution < -0.4 is 5.73 Å². The highest BCUT2D eigenvalue weighted by Gasteiger charge is 2.62. The maximum Gasteiger partial charge on any atom is 0.320 e. The van der Waals surface area contributed by atoms with Gasteiger partial charge in [-0.05, 0) is 37.5 Å². The molecule has 0 aromatic carbocycles. The molecule has 0 aliphatic heterocycles. The quantitative estimate of drug-likeness (QED) is 0.614. The minimum atomic E-state index is -0.899. The smallest absolute Gasteiger partial charge is 0.320 e. The Bertz CT molecular complexity index is 282. The van der Waals surface area contributed by atoms with Crippen LogP contribution in [0.3, 0.4) is 0 Å². The third-order valence-corrected chi connectivity index (χ3v) is 5.44. The topological polar surface area (TPSA) is 83.5 Å². The lowest BCUT2D eigenvalue weighted by molar-refractivity contribution is -0.138. The van der Waals surface area contributed by atoms with Gasteiger partial charge in [-0.15, -0.1) is 0 Å². The molecule has 3 unspecified atom stereocenters. The van der Waals surface area contributed by atoms with Crippen LogP contribution in [-0.4, -0.2) is 39.3 Å². The van der Waals surface area contributed by atoms with E-state index in [4.69, 9.17) is 15.9 Å². The Balaban J connectivity index is 1.86. The fraction of sp³-hybridized carbons (Fsp3) is 0.909. The number of nitrogens with two attached hydrogens (primary N) is 1. The maximum atomic E-state index is 10.7.